The second-order valence-corrected chi connectivity index (χ2v) is 5.97. The smallest absolute Gasteiger partial charge is 0.168 e. The van der Waals surface area contributed by atoms with E-state index >= 15 is 0 Å². The lowest BCUT2D eigenvalue weighted by atomic mass is 10.2. The Morgan fingerprint density at radius 2 is 1.94 bits per heavy atom. The second-order valence-electron chi connectivity index (χ2n) is 4.60. The number of thioether (sulfide) groups is 1. The molecule has 0 amide bonds. The minimum absolute atomic E-state index is 0.136. The van der Waals surface area contributed by atoms with Gasteiger partial charge < -0.3 is 5.32 Å². The van der Waals surface area contributed by atoms with E-state index in [0.717, 1.165) is 12.5 Å². The summed E-state index contributed by atoms with van der Waals surface area (Å²) in [5, 5.41) is 3.36. The Hall–Kier alpha value is -0.840. The third-order valence-electron chi connectivity index (χ3n) is 2.68. The maximum absolute atomic E-state index is 13.6. The van der Waals surface area contributed by atoms with Gasteiger partial charge in [0.2, 0.25) is 0 Å². The Bertz CT molecular complexity index is 397. The minimum atomic E-state index is -0.637. The van der Waals surface area contributed by atoms with Crippen molar-refractivity contribution in [3.63, 3.8) is 0 Å². The lowest BCUT2D eigenvalue weighted by Crippen LogP contribution is -2.09. The van der Waals surface area contributed by atoms with Crippen molar-refractivity contribution in [1.82, 2.24) is 4.98 Å². The van der Waals surface area contributed by atoms with Gasteiger partial charge in [-0.25, -0.2) is 13.8 Å². The van der Waals surface area contributed by atoms with E-state index in [1.165, 1.54) is 11.8 Å². The SMILES string of the molecule is CCCNc1nc(SC(C)C(C)C)c(F)cc1F. The summed E-state index contributed by atoms with van der Waals surface area (Å²) in [7, 11) is 0. The highest BCUT2D eigenvalue weighted by molar-refractivity contribution is 7.99. The first-order valence-electron chi connectivity index (χ1n) is 6.22. The Labute approximate surface area is 112 Å². The number of rotatable bonds is 6. The van der Waals surface area contributed by atoms with E-state index in [1.54, 1.807) is 0 Å². The van der Waals surface area contributed by atoms with Gasteiger partial charge in [0.25, 0.3) is 0 Å². The van der Waals surface area contributed by atoms with Crippen LogP contribution in [0.3, 0.4) is 0 Å². The average Bonchev–Trinajstić information content (AvgIpc) is 2.30. The largest absolute Gasteiger partial charge is 0.368 e. The molecule has 0 aliphatic carbocycles. The quantitative estimate of drug-likeness (QED) is 0.782. The molecule has 0 aliphatic heterocycles. The van der Waals surface area contributed by atoms with E-state index in [-0.39, 0.29) is 16.1 Å². The molecule has 102 valence electrons. The van der Waals surface area contributed by atoms with Gasteiger partial charge >= 0.3 is 0 Å². The Balaban J connectivity index is 2.90. The van der Waals surface area contributed by atoms with Gasteiger partial charge in [0.05, 0.1) is 0 Å². The van der Waals surface area contributed by atoms with Crippen LogP contribution in [0.15, 0.2) is 11.1 Å². The molecule has 0 spiro atoms. The van der Waals surface area contributed by atoms with Crippen LogP contribution < -0.4 is 5.32 Å². The molecule has 1 aromatic heterocycles. The van der Waals surface area contributed by atoms with Crippen LogP contribution >= 0.6 is 11.8 Å². The molecule has 0 bridgehead atoms. The van der Waals surface area contributed by atoms with Crippen molar-refractivity contribution in [3.8, 4) is 0 Å². The van der Waals surface area contributed by atoms with Crippen LogP contribution in [0.2, 0.25) is 0 Å². The Morgan fingerprint density at radius 1 is 1.28 bits per heavy atom. The number of halogens is 2. The van der Waals surface area contributed by atoms with E-state index in [4.69, 9.17) is 0 Å². The van der Waals surface area contributed by atoms with E-state index in [2.05, 4.69) is 24.1 Å². The van der Waals surface area contributed by atoms with E-state index in [0.29, 0.717) is 12.5 Å². The molecule has 1 rings (SSSR count). The van der Waals surface area contributed by atoms with Gasteiger partial charge in [-0.3, -0.25) is 0 Å². The van der Waals surface area contributed by atoms with Crippen molar-refractivity contribution in [2.45, 2.75) is 44.4 Å². The van der Waals surface area contributed by atoms with E-state index < -0.39 is 11.6 Å². The zero-order valence-corrected chi connectivity index (χ0v) is 12.1. The first-order chi connectivity index (χ1) is 8.45. The molecule has 0 aromatic carbocycles. The number of hydrogen-bond acceptors (Lipinski definition) is 3. The number of anilines is 1. The van der Waals surface area contributed by atoms with Gasteiger partial charge in [0.15, 0.2) is 17.5 Å². The zero-order valence-electron chi connectivity index (χ0n) is 11.3. The molecular formula is C13H20F2N2S. The molecule has 18 heavy (non-hydrogen) atoms. The van der Waals surface area contributed by atoms with Gasteiger partial charge in [-0.1, -0.05) is 39.5 Å². The fraction of sp³-hybridized carbons (Fsp3) is 0.615. The fourth-order valence-electron chi connectivity index (χ4n) is 1.21. The number of hydrogen-bond donors (Lipinski definition) is 1. The zero-order chi connectivity index (χ0) is 13.7. The molecule has 0 saturated carbocycles. The van der Waals surface area contributed by atoms with Crippen molar-refractivity contribution in [2.24, 2.45) is 5.92 Å². The van der Waals surface area contributed by atoms with Crippen LogP contribution in [0.25, 0.3) is 0 Å². The number of aromatic nitrogens is 1. The summed E-state index contributed by atoms with van der Waals surface area (Å²) in [6, 6.07) is 0.903. The minimum Gasteiger partial charge on any atom is -0.368 e. The molecule has 1 aromatic rings. The van der Waals surface area contributed by atoms with Crippen molar-refractivity contribution in [3.05, 3.63) is 17.7 Å². The summed E-state index contributed by atoms with van der Waals surface area (Å²) in [4.78, 5) is 4.03. The highest BCUT2D eigenvalue weighted by atomic mass is 32.2. The molecule has 1 atom stereocenters. The van der Waals surface area contributed by atoms with Gasteiger partial charge in [0, 0.05) is 17.9 Å². The summed E-state index contributed by atoms with van der Waals surface area (Å²) in [5.74, 6) is -0.681. The molecule has 5 heteroatoms. The van der Waals surface area contributed by atoms with Crippen LogP contribution in [-0.2, 0) is 0 Å². The van der Waals surface area contributed by atoms with Crippen LogP contribution in [0.1, 0.15) is 34.1 Å². The topological polar surface area (TPSA) is 24.9 Å². The molecule has 0 fully saturated rings. The Kier molecular flexibility index (Phi) is 5.85. The third-order valence-corrected chi connectivity index (χ3v) is 4.10. The van der Waals surface area contributed by atoms with Crippen LogP contribution in [0.4, 0.5) is 14.6 Å². The highest BCUT2D eigenvalue weighted by Crippen LogP contribution is 2.30. The van der Waals surface area contributed by atoms with Crippen molar-refractivity contribution in [1.29, 1.82) is 0 Å². The first kappa shape index (κ1) is 15.2. The van der Waals surface area contributed by atoms with Gasteiger partial charge in [-0.2, -0.15) is 0 Å². The lowest BCUT2D eigenvalue weighted by Gasteiger charge is -2.15. The average molecular weight is 274 g/mol. The van der Waals surface area contributed by atoms with Crippen molar-refractivity contribution < 1.29 is 8.78 Å². The number of pyridine rings is 1. The van der Waals surface area contributed by atoms with E-state index in [9.17, 15) is 8.78 Å². The first-order valence-corrected chi connectivity index (χ1v) is 7.10. The van der Waals surface area contributed by atoms with Gasteiger partial charge in [-0.15, -0.1) is 0 Å². The van der Waals surface area contributed by atoms with E-state index in [1.807, 2.05) is 13.8 Å². The molecular weight excluding hydrogens is 254 g/mol. The van der Waals surface area contributed by atoms with Crippen molar-refractivity contribution in [2.75, 3.05) is 11.9 Å². The molecule has 0 aliphatic rings. The predicted octanol–water partition coefficient (Wildman–Crippen LogP) is 4.32. The standard InChI is InChI=1S/C13H20F2N2S/c1-5-6-16-12-10(14)7-11(15)13(17-12)18-9(4)8(2)3/h7-9H,5-6H2,1-4H3,(H,16,17). The summed E-state index contributed by atoms with van der Waals surface area (Å²) in [6.07, 6.45) is 0.864. The summed E-state index contributed by atoms with van der Waals surface area (Å²) in [5.41, 5.74) is 0. The van der Waals surface area contributed by atoms with Crippen LogP contribution in [0, 0.1) is 17.6 Å². The normalized spacial score (nSPS) is 12.8. The molecule has 1 heterocycles. The van der Waals surface area contributed by atoms with Crippen LogP contribution in [-0.4, -0.2) is 16.8 Å². The fourth-order valence-corrected chi connectivity index (χ4v) is 2.15. The van der Waals surface area contributed by atoms with Gasteiger partial charge in [0.1, 0.15) is 5.03 Å². The summed E-state index contributed by atoms with van der Waals surface area (Å²) >= 11 is 1.34. The molecule has 1 N–H and O–H groups in total. The van der Waals surface area contributed by atoms with Crippen molar-refractivity contribution >= 4 is 17.6 Å². The lowest BCUT2D eigenvalue weighted by molar-refractivity contribution is 0.549. The summed E-state index contributed by atoms with van der Waals surface area (Å²) in [6.45, 7) is 8.74. The number of nitrogens with one attached hydrogen (secondary N) is 1. The maximum Gasteiger partial charge on any atom is 0.168 e. The van der Waals surface area contributed by atoms with Crippen LogP contribution in [0.5, 0.6) is 0 Å². The summed E-state index contributed by atoms with van der Waals surface area (Å²) < 4.78 is 27.1. The molecule has 1 unspecified atom stereocenters. The molecule has 2 nitrogen and oxygen atoms in total. The highest BCUT2D eigenvalue weighted by Gasteiger charge is 2.16. The number of nitrogens with zero attached hydrogens (tertiary/aromatic N) is 1. The monoisotopic (exact) mass is 274 g/mol. The third kappa shape index (κ3) is 4.12. The van der Waals surface area contributed by atoms with Gasteiger partial charge in [-0.05, 0) is 12.3 Å². The second kappa shape index (κ2) is 6.92. The Morgan fingerprint density at radius 3 is 2.50 bits per heavy atom. The molecule has 0 saturated heterocycles. The maximum atomic E-state index is 13.6. The molecule has 0 radical (unpaired) electrons. The predicted molar refractivity (Wildman–Crippen MR) is 73.1 cm³/mol.